The van der Waals surface area contributed by atoms with Gasteiger partial charge < -0.3 is 62.2 Å². The van der Waals surface area contributed by atoms with Crippen LogP contribution in [0.3, 0.4) is 0 Å². The summed E-state index contributed by atoms with van der Waals surface area (Å²) in [7, 11) is 0. The minimum absolute atomic E-state index is 0.0816. The highest BCUT2D eigenvalue weighted by Crippen LogP contribution is 2.67. The number of carbonyl (C=O) groups is 6. The quantitative estimate of drug-likeness (QED) is 0.0687. The van der Waals surface area contributed by atoms with Crippen molar-refractivity contribution in [3.05, 3.63) is 0 Å². The Morgan fingerprint density at radius 2 is 0.809 bits per heavy atom. The van der Waals surface area contributed by atoms with Crippen LogP contribution in [0.5, 0.6) is 0 Å². The zero-order chi connectivity index (χ0) is 63.3. The van der Waals surface area contributed by atoms with Gasteiger partial charge in [-0.2, -0.15) is 0 Å². The van der Waals surface area contributed by atoms with E-state index in [2.05, 4.69) is 33.0 Å². The van der Waals surface area contributed by atoms with Gasteiger partial charge in [0.2, 0.25) is 36.2 Å². The average Bonchev–Trinajstić information content (AvgIpc) is 1.70. The minimum Gasteiger partial charge on any atom is -0.463 e. The van der Waals surface area contributed by atoms with Crippen molar-refractivity contribution >= 4 is 35.8 Å². The number of likely N-dealkylation sites (N-methyl/N-ethyl adjacent to an activating group) is 1. The molecule has 25 nitrogen and oxygen atoms in total. The SMILES string of the molecule is CCNC(COC(=O)CCC(=O)O[C@@H]1O[C@@H]2O[C@]3(C)CC[C@H]4[C@H](C)CC[C@@H]([C@H]1C)[C@@]24OO3)(COC(=O)CCC(=O)O[C@@H]1O[C@@H]2O[C@]3(C)CC[C@H]4[C@H](C)CC[C@@H]([C@H]1C)[C@@]24OO3)COC(=O)CCC(=O)O[C@@H]1O[C@@H]2O[C@]3(C)CC[C@H]4[C@H](C)CC[C@@](C)([C@H]1C)[C@@]24OO3. The average molecular weight is 1260 g/mol. The Bertz CT molecular complexity index is 2570. The number of hydrogen-bond donors (Lipinski definition) is 1. The van der Waals surface area contributed by atoms with E-state index in [1.54, 1.807) is 6.92 Å². The van der Waals surface area contributed by atoms with Crippen LogP contribution >= 0.6 is 0 Å². The number of rotatable bonds is 20. The molecule has 3 spiro atoms. The van der Waals surface area contributed by atoms with Crippen LogP contribution in [-0.2, 0) is 115 Å². The van der Waals surface area contributed by atoms with Crippen LogP contribution in [-0.4, -0.2) is 140 Å². The zero-order valence-corrected chi connectivity index (χ0v) is 53.7. The van der Waals surface area contributed by atoms with Gasteiger partial charge in [-0.25, -0.2) is 29.3 Å². The minimum atomic E-state index is -1.56. The van der Waals surface area contributed by atoms with E-state index in [-0.39, 0.29) is 73.2 Å². The summed E-state index contributed by atoms with van der Waals surface area (Å²) in [5, 5.41) is 3.17. The van der Waals surface area contributed by atoms with Gasteiger partial charge in [-0.15, -0.1) is 0 Å². The lowest BCUT2D eigenvalue weighted by atomic mass is 9.50. The summed E-state index contributed by atoms with van der Waals surface area (Å²) in [6, 6.07) is 0. The van der Waals surface area contributed by atoms with Crippen molar-refractivity contribution in [2.24, 2.45) is 70.5 Å². The molecule has 15 aliphatic rings. The van der Waals surface area contributed by atoms with E-state index in [9.17, 15) is 28.8 Å². The first kappa shape index (κ1) is 65.4. The molecule has 12 aliphatic heterocycles. The van der Waals surface area contributed by atoms with Crippen LogP contribution in [0.15, 0.2) is 0 Å². The molecule has 12 heterocycles. The van der Waals surface area contributed by atoms with E-state index >= 15 is 0 Å². The van der Waals surface area contributed by atoms with Gasteiger partial charge in [0.25, 0.3) is 0 Å². The van der Waals surface area contributed by atoms with Crippen LogP contribution in [0.4, 0.5) is 0 Å². The molecule has 0 radical (unpaired) electrons. The van der Waals surface area contributed by atoms with E-state index in [1.165, 1.54) is 0 Å². The Morgan fingerprint density at radius 1 is 0.427 bits per heavy atom. The van der Waals surface area contributed by atoms with Crippen LogP contribution in [0.1, 0.15) is 192 Å². The lowest BCUT2D eigenvalue weighted by Crippen LogP contribution is -2.74. The molecule has 1 N–H and O–H groups in total. The third-order valence-electron chi connectivity index (χ3n) is 23.5. The van der Waals surface area contributed by atoms with E-state index in [1.807, 2.05) is 41.5 Å². The Hall–Kier alpha value is -3.70. The second kappa shape index (κ2) is 24.6. The normalized spacial score (nSPS) is 46.5. The van der Waals surface area contributed by atoms with E-state index in [0.717, 1.165) is 57.8 Å². The number of carbonyl (C=O) groups excluding carboxylic acids is 6. The van der Waals surface area contributed by atoms with Crippen LogP contribution < -0.4 is 5.32 Å². The summed E-state index contributed by atoms with van der Waals surface area (Å²) in [6.45, 7) is 20.5. The molecule has 500 valence electrons. The molecule has 24 atom stereocenters. The number of ether oxygens (including phenoxy) is 12. The molecular weight excluding hydrogens is 1170 g/mol. The lowest BCUT2D eigenvalue weighted by Gasteiger charge is -2.65. The fraction of sp³-hybridized carbons (Fsp3) is 0.906. The van der Waals surface area contributed by atoms with Gasteiger partial charge in [0, 0.05) is 54.3 Å². The molecule has 89 heavy (non-hydrogen) atoms. The third kappa shape index (κ3) is 11.6. The Labute approximate surface area is 520 Å². The topological polar surface area (TPSA) is 281 Å². The van der Waals surface area contributed by atoms with Crippen molar-refractivity contribution in [3.63, 3.8) is 0 Å². The van der Waals surface area contributed by atoms with Gasteiger partial charge in [-0.3, -0.25) is 28.8 Å². The van der Waals surface area contributed by atoms with Crippen molar-refractivity contribution in [1.29, 1.82) is 0 Å². The van der Waals surface area contributed by atoms with Crippen LogP contribution in [0.25, 0.3) is 0 Å². The molecule has 0 amide bonds. The molecule has 0 aromatic carbocycles. The predicted octanol–water partition coefficient (Wildman–Crippen LogP) is 7.95. The molecule has 15 fully saturated rings. The summed E-state index contributed by atoms with van der Waals surface area (Å²) in [5.74, 6) is -7.44. The first-order valence-corrected chi connectivity index (χ1v) is 33.1. The van der Waals surface area contributed by atoms with E-state index in [4.69, 9.17) is 86.2 Å². The Balaban J connectivity index is 0.666. The fourth-order valence-corrected chi connectivity index (χ4v) is 18.0. The lowest BCUT2D eigenvalue weighted by molar-refractivity contribution is -0.586. The van der Waals surface area contributed by atoms with Gasteiger partial charge in [-0.1, -0.05) is 55.4 Å². The maximum absolute atomic E-state index is 13.7. The van der Waals surface area contributed by atoms with Gasteiger partial charge in [0.05, 0.1) is 38.5 Å². The van der Waals surface area contributed by atoms with Gasteiger partial charge in [0.1, 0.15) is 25.4 Å². The summed E-state index contributed by atoms with van der Waals surface area (Å²) >= 11 is 0. The zero-order valence-electron chi connectivity index (χ0n) is 53.7. The van der Waals surface area contributed by atoms with Gasteiger partial charge in [-0.05, 0) is 121 Å². The molecule has 6 bridgehead atoms. The van der Waals surface area contributed by atoms with Crippen molar-refractivity contribution in [1.82, 2.24) is 5.32 Å². The summed E-state index contributed by atoms with van der Waals surface area (Å²) in [6.07, 6.45) is 1.66. The monoisotopic (exact) mass is 1260 g/mol. The standard InChI is InChI=1S/C64H95NO24/c1-12-65-61(31-72-45(66)17-20-48(69)75-51-37(5)43-15-13-34(2)40-24-28-58(9)81-54(78-51)62(40,43)87-84-58,32-73-46(67)18-21-49(70)76-52-38(6)44-16-14-35(3)41-25-29-59(10)82-55(79-52)63(41,44)88-85-59)33-74-47(68)19-22-50(71)77-53-39(7)57(8)27-23-36(4)42-26-30-60(11)83-56(80-53)64(42,57)89-86-60/h34-44,51-56,65H,12-33H2,1-11H3/t34-,35-,36-,37-,38-,39+,40+,41+,42+,43+,44+,51-,52-,53-,54-,55-,56-,57+,58+,59+,60+,62-,63-,64+/m1/s1. The molecule has 0 aromatic rings. The fourth-order valence-electron chi connectivity index (χ4n) is 18.0. The summed E-state index contributed by atoms with van der Waals surface area (Å²) < 4.78 is 73.8. The van der Waals surface area contributed by atoms with Crippen molar-refractivity contribution in [2.45, 2.75) is 269 Å². The van der Waals surface area contributed by atoms with Crippen molar-refractivity contribution < 1.29 is 115 Å². The second-order valence-electron chi connectivity index (χ2n) is 29.2. The molecule has 25 heteroatoms. The number of esters is 6. The smallest absolute Gasteiger partial charge is 0.308 e. The van der Waals surface area contributed by atoms with E-state index in [0.29, 0.717) is 37.0 Å². The van der Waals surface area contributed by atoms with Gasteiger partial charge >= 0.3 is 35.8 Å². The second-order valence-corrected chi connectivity index (χ2v) is 29.2. The molecular formula is C64H95NO24. The predicted molar refractivity (Wildman–Crippen MR) is 300 cm³/mol. The van der Waals surface area contributed by atoms with Crippen LogP contribution in [0.2, 0.25) is 0 Å². The summed E-state index contributed by atoms with van der Waals surface area (Å²) in [4.78, 5) is 118. The van der Waals surface area contributed by atoms with Crippen molar-refractivity contribution in [3.8, 4) is 0 Å². The van der Waals surface area contributed by atoms with Crippen molar-refractivity contribution in [2.75, 3.05) is 26.4 Å². The first-order chi connectivity index (χ1) is 42.2. The number of fused-ring (bicyclic) bond motifs is 6. The van der Waals surface area contributed by atoms with E-state index < -0.39 is 158 Å². The number of nitrogens with one attached hydrogen (secondary N) is 1. The van der Waals surface area contributed by atoms with Gasteiger partial charge in [0.15, 0.2) is 35.7 Å². The number of hydrogen-bond acceptors (Lipinski definition) is 25. The Morgan fingerprint density at radius 3 is 1.26 bits per heavy atom. The molecule has 15 rings (SSSR count). The Kier molecular flexibility index (Phi) is 18.0. The molecule has 3 aliphatic carbocycles. The molecule has 12 saturated heterocycles. The highest BCUT2D eigenvalue weighted by Gasteiger charge is 2.76. The highest BCUT2D eigenvalue weighted by molar-refractivity contribution is 5.79. The van der Waals surface area contributed by atoms with Crippen LogP contribution in [0, 0.1) is 70.5 Å². The first-order valence-electron chi connectivity index (χ1n) is 33.1. The molecule has 0 unspecified atom stereocenters. The maximum Gasteiger partial charge on any atom is 0.308 e. The maximum atomic E-state index is 13.7. The summed E-state index contributed by atoms with van der Waals surface area (Å²) in [5.41, 5.74) is -4.75. The third-order valence-corrected chi connectivity index (χ3v) is 23.5. The highest BCUT2D eigenvalue weighted by atomic mass is 17.3. The molecule has 0 aromatic heterocycles. The largest absolute Gasteiger partial charge is 0.463 e. The molecule has 3 saturated carbocycles.